The minimum Gasteiger partial charge on any atom is -0.491 e. The number of carbonyl (C=O) groups excluding carboxylic acids is 2. The average Bonchev–Trinajstić information content (AvgIpc) is 3.28. The molecule has 2 amide bonds. The van der Waals surface area contributed by atoms with E-state index in [4.69, 9.17) is 20.8 Å². The number of carbonyl (C=O) groups is 2. The molecule has 166 valence electrons. The average molecular weight is 471 g/mol. The normalized spacial score (nSPS) is 17.7. The van der Waals surface area contributed by atoms with E-state index >= 15 is 0 Å². The lowest BCUT2D eigenvalue weighted by Crippen LogP contribution is -2.48. The Morgan fingerprint density at radius 1 is 1.19 bits per heavy atom. The van der Waals surface area contributed by atoms with Gasteiger partial charge in [-0.25, -0.2) is 0 Å². The number of benzene rings is 1. The van der Waals surface area contributed by atoms with Crippen molar-refractivity contribution in [1.29, 1.82) is 0 Å². The molecule has 0 unspecified atom stereocenters. The highest BCUT2D eigenvalue weighted by Crippen LogP contribution is 2.35. The summed E-state index contributed by atoms with van der Waals surface area (Å²) >= 11 is 7.68. The third kappa shape index (κ3) is 4.40. The highest BCUT2D eigenvalue weighted by atomic mass is 35.5. The summed E-state index contributed by atoms with van der Waals surface area (Å²) in [7, 11) is 0. The summed E-state index contributed by atoms with van der Waals surface area (Å²) < 4.78 is 11.3. The van der Waals surface area contributed by atoms with Gasteiger partial charge in [0.1, 0.15) is 18.9 Å². The Balaban J connectivity index is 1.33. The van der Waals surface area contributed by atoms with Gasteiger partial charge in [0, 0.05) is 22.5 Å². The van der Waals surface area contributed by atoms with E-state index in [-0.39, 0.29) is 36.2 Å². The predicted octanol–water partition coefficient (Wildman–Crippen LogP) is 4.80. The summed E-state index contributed by atoms with van der Waals surface area (Å²) in [6, 6.07) is 12.5. The van der Waals surface area contributed by atoms with Gasteiger partial charge < -0.3 is 19.0 Å². The first-order chi connectivity index (χ1) is 15.6. The van der Waals surface area contributed by atoms with Crippen molar-refractivity contribution < 1.29 is 18.7 Å². The number of hydrogen-bond donors (Lipinski definition) is 0. The summed E-state index contributed by atoms with van der Waals surface area (Å²) in [6.45, 7) is 0.988. The second kappa shape index (κ2) is 9.00. The van der Waals surface area contributed by atoms with Crippen molar-refractivity contribution in [3.05, 3.63) is 75.3 Å². The summed E-state index contributed by atoms with van der Waals surface area (Å²) in [5.41, 5.74) is 1.12. The Morgan fingerprint density at radius 2 is 2.00 bits per heavy atom. The second-order valence-corrected chi connectivity index (χ2v) is 9.50. The number of halogens is 1. The number of ether oxygens (including phenoxy) is 1. The van der Waals surface area contributed by atoms with Gasteiger partial charge in [0.2, 0.25) is 5.91 Å². The zero-order valence-electron chi connectivity index (χ0n) is 17.4. The topological polar surface area (TPSA) is 63.0 Å². The van der Waals surface area contributed by atoms with Crippen LogP contribution in [0.25, 0.3) is 0 Å². The third-order valence-electron chi connectivity index (χ3n) is 5.92. The minimum atomic E-state index is -0.229. The van der Waals surface area contributed by atoms with Crippen LogP contribution < -0.4 is 4.74 Å². The molecule has 1 saturated carbocycles. The highest BCUT2D eigenvalue weighted by molar-refractivity contribution is 7.10. The van der Waals surface area contributed by atoms with Gasteiger partial charge in [0.05, 0.1) is 12.3 Å². The van der Waals surface area contributed by atoms with E-state index in [1.807, 2.05) is 17.0 Å². The van der Waals surface area contributed by atoms with Gasteiger partial charge in [-0.1, -0.05) is 11.6 Å². The number of hydrogen-bond acceptors (Lipinski definition) is 5. The van der Waals surface area contributed by atoms with Crippen LogP contribution in [0.1, 0.15) is 39.9 Å². The van der Waals surface area contributed by atoms with Gasteiger partial charge in [-0.2, -0.15) is 0 Å². The van der Waals surface area contributed by atoms with Crippen LogP contribution in [0.2, 0.25) is 5.02 Å². The number of rotatable bonds is 7. The van der Waals surface area contributed by atoms with Gasteiger partial charge in [-0.05, 0) is 72.7 Å². The minimum absolute atomic E-state index is 0.0428. The Morgan fingerprint density at radius 3 is 2.72 bits per heavy atom. The molecule has 8 heteroatoms. The fourth-order valence-electron chi connectivity index (χ4n) is 4.11. The molecule has 3 aromatic rings. The van der Waals surface area contributed by atoms with Crippen LogP contribution in [-0.4, -0.2) is 47.4 Å². The van der Waals surface area contributed by atoms with Crippen LogP contribution in [0.15, 0.2) is 58.5 Å². The van der Waals surface area contributed by atoms with Gasteiger partial charge >= 0.3 is 0 Å². The maximum Gasteiger partial charge on any atom is 0.290 e. The molecule has 0 spiro atoms. The zero-order chi connectivity index (χ0) is 22.1. The third-order valence-corrected chi connectivity index (χ3v) is 7.17. The van der Waals surface area contributed by atoms with Crippen LogP contribution in [0.5, 0.6) is 5.75 Å². The van der Waals surface area contributed by atoms with Crippen LogP contribution in [0, 0.1) is 0 Å². The van der Waals surface area contributed by atoms with Crippen LogP contribution in [-0.2, 0) is 11.2 Å². The van der Waals surface area contributed by atoms with E-state index in [1.165, 1.54) is 11.1 Å². The molecule has 32 heavy (non-hydrogen) atoms. The zero-order valence-corrected chi connectivity index (χ0v) is 19.0. The number of nitrogens with zero attached hydrogens (tertiary/aromatic N) is 2. The molecule has 1 aromatic carbocycles. The number of amides is 2. The van der Waals surface area contributed by atoms with Crippen LogP contribution in [0.4, 0.5) is 0 Å². The molecular formula is C24H23ClN2O4S. The fourth-order valence-corrected chi connectivity index (χ4v) is 5.17. The molecule has 2 aliphatic rings. The largest absolute Gasteiger partial charge is 0.491 e. The van der Waals surface area contributed by atoms with Crippen molar-refractivity contribution in [2.45, 2.75) is 31.3 Å². The van der Waals surface area contributed by atoms with Gasteiger partial charge in [0.25, 0.3) is 5.91 Å². The molecule has 1 atom stereocenters. The van der Waals surface area contributed by atoms with Crippen molar-refractivity contribution in [3.8, 4) is 5.75 Å². The van der Waals surface area contributed by atoms with Gasteiger partial charge in [0.15, 0.2) is 5.76 Å². The summed E-state index contributed by atoms with van der Waals surface area (Å²) in [6.07, 6.45) is 4.12. The molecule has 0 bridgehead atoms. The van der Waals surface area contributed by atoms with E-state index in [9.17, 15) is 9.59 Å². The summed E-state index contributed by atoms with van der Waals surface area (Å²) in [4.78, 5) is 31.1. The molecule has 0 radical (unpaired) electrons. The fraction of sp³-hybridized carbons (Fsp3) is 0.333. The molecule has 0 N–H and O–H groups in total. The molecule has 1 aliphatic heterocycles. The van der Waals surface area contributed by atoms with Crippen molar-refractivity contribution in [2.75, 3.05) is 19.7 Å². The Labute approximate surface area is 195 Å². The maximum absolute atomic E-state index is 13.4. The van der Waals surface area contributed by atoms with Crippen molar-refractivity contribution in [3.63, 3.8) is 0 Å². The Hall–Kier alpha value is -2.77. The van der Waals surface area contributed by atoms with E-state index in [1.54, 1.807) is 40.5 Å². The molecule has 6 nitrogen and oxygen atoms in total. The van der Waals surface area contributed by atoms with E-state index in [0.717, 1.165) is 24.8 Å². The quantitative estimate of drug-likeness (QED) is 0.497. The Kier molecular flexibility index (Phi) is 5.93. The predicted molar refractivity (Wildman–Crippen MR) is 122 cm³/mol. The Bertz CT molecular complexity index is 1090. The first kappa shape index (κ1) is 21.1. The van der Waals surface area contributed by atoms with E-state index in [2.05, 4.69) is 11.4 Å². The van der Waals surface area contributed by atoms with Crippen molar-refractivity contribution in [1.82, 2.24) is 9.80 Å². The number of furan rings is 1. The van der Waals surface area contributed by atoms with Gasteiger partial charge in [-0.3, -0.25) is 9.59 Å². The SMILES string of the molecule is O=C(c1ccco1)N(CC(=O)N1CCc2sccc2[C@@H]1COc1ccc(Cl)cc1)C1CC1. The highest BCUT2D eigenvalue weighted by Gasteiger charge is 2.38. The van der Waals surface area contributed by atoms with E-state index in [0.29, 0.717) is 23.9 Å². The first-order valence-electron chi connectivity index (χ1n) is 10.7. The first-order valence-corrected chi connectivity index (χ1v) is 11.9. The van der Waals surface area contributed by atoms with Crippen molar-refractivity contribution >= 4 is 34.8 Å². The molecular weight excluding hydrogens is 448 g/mol. The molecule has 0 saturated heterocycles. The second-order valence-electron chi connectivity index (χ2n) is 8.06. The standard InChI is InChI=1S/C24H23ClN2O4S/c25-16-3-7-18(8-4-16)31-15-20-19-10-13-32-22(19)9-11-26(20)23(28)14-27(17-5-6-17)24(29)21-2-1-12-30-21/h1-4,7-8,10,12-13,17,20H,5-6,9,11,14-15H2/t20-/m0/s1. The summed E-state index contributed by atoms with van der Waals surface area (Å²) in [5.74, 6) is 0.675. The van der Waals surface area contributed by atoms with Crippen molar-refractivity contribution in [2.24, 2.45) is 0 Å². The molecule has 2 aromatic heterocycles. The summed E-state index contributed by atoms with van der Waals surface area (Å²) in [5, 5.41) is 2.71. The number of fused-ring (bicyclic) bond motifs is 1. The molecule has 5 rings (SSSR count). The van der Waals surface area contributed by atoms with Gasteiger partial charge in [-0.15, -0.1) is 11.3 Å². The lowest BCUT2D eigenvalue weighted by molar-refractivity contribution is -0.135. The monoisotopic (exact) mass is 470 g/mol. The molecule has 1 fully saturated rings. The maximum atomic E-state index is 13.4. The number of thiophene rings is 1. The molecule has 1 aliphatic carbocycles. The molecule has 3 heterocycles. The lowest BCUT2D eigenvalue weighted by atomic mass is 10.0. The van der Waals surface area contributed by atoms with Crippen LogP contribution >= 0.6 is 22.9 Å². The van der Waals surface area contributed by atoms with Crippen LogP contribution in [0.3, 0.4) is 0 Å². The van der Waals surface area contributed by atoms with E-state index < -0.39 is 0 Å². The smallest absolute Gasteiger partial charge is 0.290 e. The lowest BCUT2D eigenvalue weighted by Gasteiger charge is -2.37.